The van der Waals surface area contributed by atoms with Gasteiger partial charge in [-0.1, -0.05) is 38.7 Å². The average molecular weight is 283 g/mol. The molecule has 0 aliphatic heterocycles. The van der Waals surface area contributed by atoms with Gasteiger partial charge >= 0.3 is 5.97 Å². The lowest BCUT2D eigenvalue weighted by Crippen LogP contribution is -2.31. The van der Waals surface area contributed by atoms with Crippen LogP contribution in [0.3, 0.4) is 0 Å². The van der Waals surface area contributed by atoms with E-state index >= 15 is 0 Å². The van der Waals surface area contributed by atoms with Gasteiger partial charge in [0, 0.05) is 10.9 Å². The van der Waals surface area contributed by atoms with E-state index in [1.165, 1.54) is 25.7 Å². The van der Waals surface area contributed by atoms with Crippen molar-refractivity contribution >= 4 is 17.3 Å². The molecular formula is C15H25NO2S. The smallest absolute Gasteiger partial charge is 0.305 e. The second-order valence-electron chi connectivity index (χ2n) is 5.08. The number of aliphatic carboxylic acids is 1. The number of thiophene rings is 1. The number of hydrogen-bond donors (Lipinski definition) is 2. The molecule has 1 rings (SSSR count). The Morgan fingerprint density at radius 2 is 2.21 bits per heavy atom. The van der Waals surface area contributed by atoms with Crippen LogP contribution < -0.4 is 5.32 Å². The zero-order valence-electron chi connectivity index (χ0n) is 11.9. The molecule has 3 nitrogen and oxygen atoms in total. The normalized spacial score (nSPS) is 14.2. The summed E-state index contributed by atoms with van der Waals surface area (Å²) >= 11 is 1.62. The van der Waals surface area contributed by atoms with Gasteiger partial charge in [-0.25, -0.2) is 0 Å². The molecule has 0 saturated heterocycles. The Bertz CT molecular complexity index is 351. The zero-order valence-corrected chi connectivity index (χ0v) is 12.7. The zero-order chi connectivity index (χ0) is 14.1. The molecule has 2 unspecified atom stereocenters. The summed E-state index contributed by atoms with van der Waals surface area (Å²) in [6.45, 7) is 4.36. The van der Waals surface area contributed by atoms with Crippen molar-refractivity contribution in [3.8, 4) is 0 Å². The molecular weight excluding hydrogens is 258 g/mol. The van der Waals surface area contributed by atoms with Gasteiger partial charge < -0.3 is 10.4 Å². The van der Waals surface area contributed by atoms with E-state index in [4.69, 9.17) is 5.11 Å². The first-order valence-corrected chi connectivity index (χ1v) is 8.02. The first-order chi connectivity index (χ1) is 9.13. The molecule has 0 aliphatic carbocycles. The van der Waals surface area contributed by atoms with E-state index in [1.807, 2.05) is 17.5 Å². The monoisotopic (exact) mass is 283 g/mol. The molecule has 108 valence electrons. The first-order valence-electron chi connectivity index (χ1n) is 7.14. The maximum atomic E-state index is 11.0. The number of carboxylic acid groups (broad SMARTS) is 1. The van der Waals surface area contributed by atoms with E-state index < -0.39 is 5.97 Å². The highest BCUT2D eigenvalue weighted by molar-refractivity contribution is 7.10. The number of nitrogens with one attached hydrogen (secondary N) is 1. The van der Waals surface area contributed by atoms with Gasteiger partial charge in [0.05, 0.1) is 12.5 Å². The SMILES string of the molecule is CCCCCCC(C)NC(CC(=O)O)c1cccs1. The summed E-state index contributed by atoms with van der Waals surface area (Å²) in [4.78, 5) is 12.1. The summed E-state index contributed by atoms with van der Waals surface area (Å²) < 4.78 is 0. The minimum absolute atomic E-state index is 0.0568. The molecule has 0 aliphatic rings. The molecule has 0 fully saturated rings. The minimum Gasteiger partial charge on any atom is -0.481 e. The first kappa shape index (κ1) is 16.2. The van der Waals surface area contributed by atoms with Crippen molar-refractivity contribution in [3.63, 3.8) is 0 Å². The number of rotatable bonds is 10. The van der Waals surface area contributed by atoms with E-state index in [0.29, 0.717) is 6.04 Å². The molecule has 1 heterocycles. The van der Waals surface area contributed by atoms with E-state index in [2.05, 4.69) is 19.2 Å². The van der Waals surface area contributed by atoms with Crippen molar-refractivity contribution in [1.29, 1.82) is 0 Å². The van der Waals surface area contributed by atoms with Crippen molar-refractivity contribution in [1.82, 2.24) is 5.32 Å². The van der Waals surface area contributed by atoms with Crippen LogP contribution in [0, 0.1) is 0 Å². The largest absolute Gasteiger partial charge is 0.481 e. The molecule has 1 aromatic rings. The van der Waals surface area contributed by atoms with Crippen LogP contribution in [0.1, 0.15) is 63.3 Å². The average Bonchev–Trinajstić information content (AvgIpc) is 2.87. The molecule has 0 spiro atoms. The Kier molecular flexibility index (Phi) is 7.75. The molecule has 0 bridgehead atoms. The topological polar surface area (TPSA) is 49.3 Å². The molecule has 2 atom stereocenters. The predicted molar refractivity (Wildman–Crippen MR) is 80.7 cm³/mol. The summed E-state index contributed by atoms with van der Waals surface area (Å²) in [6.07, 6.45) is 6.29. The Morgan fingerprint density at radius 1 is 1.42 bits per heavy atom. The standard InChI is InChI=1S/C15H25NO2S/c1-3-4-5-6-8-12(2)16-13(11-15(17)18)14-9-7-10-19-14/h7,9-10,12-13,16H,3-6,8,11H2,1-2H3,(H,17,18). The molecule has 19 heavy (non-hydrogen) atoms. The van der Waals surface area contributed by atoms with Gasteiger partial charge in [-0.3, -0.25) is 4.79 Å². The van der Waals surface area contributed by atoms with E-state index in [9.17, 15) is 4.79 Å². The van der Waals surface area contributed by atoms with Gasteiger partial charge in [0.15, 0.2) is 0 Å². The minimum atomic E-state index is -0.746. The van der Waals surface area contributed by atoms with Gasteiger partial charge in [-0.05, 0) is 24.8 Å². The van der Waals surface area contributed by atoms with E-state index in [-0.39, 0.29) is 12.5 Å². The lowest BCUT2D eigenvalue weighted by molar-refractivity contribution is -0.137. The maximum absolute atomic E-state index is 11.0. The Hall–Kier alpha value is -0.870. The molecule has 0 saturated carbocycles. The molecule has 2 N–H and O–H groups in total. The fourth-order valence-corrected chi connectivity index (χ4v) is 3.00. The highest BCUT2D eigenvalue weighted by Gasteiger charge is 2.18. The predicted octanol–water partition coefficient (Wildman–Crippen LogP) is 4.21. The number of unbranched alkanes of at least 4 members (excludes halogenated alkanes) is 3. The third-order valence-electron chi connectivity index (χ3n) is 3.24. The molecule has 0 amide bonds. The lowest BCUT2D eigenvalue weighted by Gasteiger charge is -2.21. The van der Waals surface area contributed by atoms with Gasteiger partial charge in [-0.15, -0.1) is 11.3 Å². The van der Waals surface area contributed by atoms with Gasteiger partial charge in [-0.2, -0.15) is 0 Å². The van der Waals surface area contributed by atoms with Gasteiger partial charge in [0.25, 0.3) is 0 Å². The van der Waals surface area contributed by atoms with Crippen LogP contribution >= 0.6 is 11.3 Å². The number of carboxylic acids is 1. The highest BCUT2D eigenvalue weighted by Crippen LogP contribution is 2.23. The Morgan fingerprint density at radius 3 is 2.79 bits per heavy atom. The van der Waals surface area contributed by atoms with Crippen LogP contribution in [0.5, 0.6) is 0 Å². The van der Waals surface area contributed by atoms with E-state index in [1.54, 1.807) is 11.3 Å². The van der Waals surface area contributed by atoms with Crippen LogP contribution in [-0.2, 0) is 4.79 Å². The van der Waals surface area contributed by atoms with Crippen LogP contribution in [0.25, 0.3) is 0 Å². The summed E-state index contributed by atoms with van der Waals surface area (Å²) in [6, 6.07) is 4.29. The molecule has 1 aromatic heterocycles. The van der Waals surface area contributed by atoms with Crippen LogP contribution in [-0.4, -0.2) is 17.1 Å². The fourth-order valence-electron chi connectivity index (χ4n) is 2.21. The van der Waals surface area contributed by atoms with Crippen LogP contribution in [0.2, 0.25) is 0 Å². The number of carbonyl (C=O) groups is 1. The van der Waals surface area contributed by atoms with Gasteiger partial charge in [0.1, 0.15) is 0 Å². The van der Waals surface area contributed by atoms with Crippen molar-refractivity contribution in [2.75, 3.05) is 0 Å². The summed E-state index contributed by atoms with van der Waals surface area (Å²) in [5, 5.41) is 14.5. The van der Waals surface area contributed by atoms with Crippen molar-refractivity contribution in [2.24, 2.45) is 0 Å². The van der Waals surface area contributed by atoms with E-state index in [0.717, 1.165) is 11.3 Å². The van der Waals surface area contributed by atoms with Crippen molar-refractivity contribution in [3.05, 3.63) is 22.4 Å². The summed E-state index contributed by atoms with van der Waals surface area (Å²) in [5.74, 6) is -0.746. The second-order valence-corrected chi connectivity index (χ2v) is 6.06. The maximum Gasteiger partial charge on any atom is 0.305 e. The molecule has 0 radical (unpaired) electrons. The van der Waals surface area contributed by atoms with Crippen molar-refractivity contribution < 1.29 is 9.90 Å². The third-order valence-corrected chi connectivity index (χ3v) is 4.23. The van der Waals surface area contributed by atoms with Gasteiger partial charge in [0.2, 0.25) is 0 Å². The van der Waals surface area contributed by atoms with Crippen LogP contribution in [0.15, 0.2) is 17.5 Å². The Balaban J connectivity index is 2.41. The third kappa shape index (κ3) is 6.73. The highest BCUT2D eigenvalue weighted by atomic mass is 32.1. The van der Waals surface area contributed by atoms with Crippen molar-refractivity contribution in [2.45, 2.75) is 64.5 Å². The Labute approximate surface area is 120 Å². The molecule has 0 aromatic carbocycles. The lowest BCUT2D eigenvalue weighted by atomic mass is 10.1. The summed E-state index contributed by atoms with van der Waals surface area (Å²) in [5.41, 5.74) is 0. The fraction of sp³-hybridized carbons (Fsp3) is 0.667. The van der Waals surface area contributed by atoms with Crippen LogP contribution in [0.4, 0.5) is 0 Å². The molecule has 4 heteroatoms. The second kappa shape index (κ2) is 9.10. The quantitative estimate of drug-likeness (QED) is 0.632. The number of hydrogen-bond acceptors (Lipinski definition) is 3. The summed E-state index contributed by atoms with van der Waals surface area (Å²) in [7, 11) is 0.